The van der Waals surface area contributed by atoms with Gasteiger partial charge in [-0.3, -0.25) is 4.79 Å². The van der Waals surface area contributed by atoms with E-state index >= 15 is 0 Å². The Kier molecular flexibility index (Phi) is 4.58. The van der Waals surface area contributed by atoms with Crippen molar-refractivity contribution in [1.82, 2.24) is 5.32 Å². The molecule has 1 fully saturated rings. The molecule has 0 saturated heterocycles. The minimum Gasteiger partial charge on any atom is -0.481 e. The van der Waals surface area contributed by atoms with Gasteiger partial charge in [0.25, 0.3) is 5.91 Å². The van der Waals surface area contributed by atoms with E-state index in [2.05, 4.69) is 17.4 Å². The van der Waals surface area contributed by atoms with Crippen LogP contribution in [0.25, 0.3) is 0 Å². The number of carbonyl (C=O) groups excluding carboxylic acids is 1. The van der Waals surface area contributed by atoms with Crippen LogP contribution in [0, 0.1) is 0 Å². The molecule has 0 bridgehead atoms. The van der Waals surface area contributed by atoms with E-state index in [0.717, 1.165) is 19.3 Å². The molecule has 2 aromatic rings. The number of carbonyl (C=O) groups is 1. The standard InChI is InChI=1S/C19H20ClNO2/c1-14(23-17-10-8-16(20)9-11-17)18(22)21-19(12-5-13-19)15-6-3-2-4-7-15/h2-4,6-11,14H,5,12-13H2,1H3,(H,21,22). The maximum atomic E-state index is 12.5. The van der Waals surface area contributed by atoms with Crippen LogP contribution in [-0.4, -0.2) is 12.0 Å². The molecule has 3 nitrogen and oxygen atoms in total. The van der Waals surface area contributed by atoms with Crippen LogP contribution < -0.4 is 10.1 Å². The maximum absolute atomic E-state index is 12.5. The number of hydrogen-bond donors (Lipinski definition) is 1. The van der Waals surface area contributed by atoms with E-state index in [4.69, 9.17) is 16.3 Å². The van der Waals surface area contributed by atoms with Crippen molar-refractivity contribution in [2.24, 2.45) is 0 Å². The molecular formula is C19H20ClNO2. The summed E-state index contributed by atoms with van der Waals surface area (Å²) in [7, 11) is 0. The molecular weight excluding hydrogens is 310 g/mol. The lowest BCUT2D eigenvalue weighted by Crippen LogP contribution is -2.54. The zero-order valence-electron chi connectivity index (χ0n) is 13.1. The molecule has 0 radical (unpaired) electrons. The second-order valence-electron chi connectivity index (χ2n) is 6.00. The predicted octanol–water partition coefficient (Wildman–Crippen LogP) is 4.30. The molecule has 1 saturated carbocycles. The van der Waals surface area contributed by atoms with Gasteiger partial charge in [-0.1, -0.05) is 41.9 Å². The average molecular weight is 330 g/mol. The normalized spacial score (nSPS) is 17.0. The fourth-order valence-corrected chi connectivity index (χ4v) is 3.01. The lowest BCUT2D eigenvalue weighted by Gasteiger charge is -2.43. The van der Waals surface area contributed by atoms with Gasteiger partial charge in [0.15, 0.2) is 6.10 Å². The Labute approximate surface area is 141 Å². The highest BCUT2D eigenvalue weighted by molar-refractivity contribution is 6.30. The van der Waals surface area contributed by atoms with Crippen molar-refractivity contribution >= 4 is 17.5 Å². The minimum absolute atomic E-state index is 0.0940. The van der Waals surface area contributed by atoms with Crippen molar-refractivity contribution in [2.75, 3.05) is 0 Å². The summed E-state index contributed by atoms with van der Waals surface area (Å²) in [5.41, 5.74) is 0.925. The van der Waals surface area contributed by atoms with Crippen LogP contribution in [-0.2, 0) is 10.3 Å². The largest absolute Gasteiger partial charge is 0.481 e. The summed E-state index contributed by atoms with van der Waals surface area (Å²) in [6.07, 6.45) is 2.51. The molecule has 1 aliphatic rings. The quantitative estimate of drug-likeness (QED) is 0.888. The van der Waals surface area contributed by atoms with Crippen molar-refractivity contribution in [1.29, 1.82) is 0 Å². The first-order chi connectivity index (χ1) is 11.1. The van der Waals surface area contributed by atoms with Crippen LogP contribution in [0.2, 0.25) is 5.02 Å². The lowest BCUT2D eigenvalue weighted by atomic mass is 9.71. The summed E-state index contributed by atoms with van der Waals surface area (Å²) in [5, 5.41) is 3.83. The molecule has 0 heterocycles. The number of rotatable bonds is 5. The van der Waals surface area contributed by atoms with Crippen molar-refractivity contribution in [3.8, 4) is 5.75 Å². The Hall–Kier alpha value is -2.00. The van der Waals surface area contributed by atoms with Crippen molar-refractivity contribution in [3.63, 3.8) is 0 Å². The predicted molar refractivity (Wildman–Crippen MR) is 91.7 cm³/mol. The highest BCUT2D eigenvalue weighted by Gasteiger charge is 2.40. The van der Waals surface area contributed by atoms with Crippen molar-refractivity contribution < 1.29 is 9.53 Å². The third-order valence-corrected chi connectivity index (χ3v) is 4.64. The van der Waals surface area contributed by atoms with E-state index in [-0.39, 0.29) is 11.4 Å². The van der Waals surface area contributed by atoms with Crippen LogP contribution in [0.5, 0.6) is 5.75 Å². The molecule has 2 aromatic carbocycles. The molecule has 1 amide bonds. The summed E-state index contributed by atoms with van der Waals surface area (Å²) in [5.74, 6) is 0.544. The Morgan fingerprint density at radius 1 is 1.13 bits per heavy atom. The van der Waals surface area contributed by atoms with Crippen LogP contribution in [0.15, 0.2) is 54.6 Å². The summed E-state index contributed by atoms with van der Waals surface area (Å²) < 4.78 is 5.71. The molecule has 1 N–H and O–H groups in total. The van der Waals surface area contributed by atoms with E-state index in [1.165, 1.54) is 5.56 Å². The molecule has 0 aromatic heterocycles. The topological polar surface area (TPSA) is 38.3 Å². The number of nitrogens with one attached hydrogen (secondary N) is 1. The highest BCUT2D eigenvalue weighted by atomic mass is 35.5. The van der Waals surface area contributed by atoms with Gasteiger partial charge in [-0.05, 0) is 56.0 Å². The van der Waals surface area contributed by atoms with Gasteiger partial charge < -0.3 is 10.1 Å². The Morgan fingerprint density at radius 3 is 2.35 bits per heavy atom. The molecule has 0 aliphatic heterocycles. The maximum Gasteiger partial charge on any atom is 0.261 e. The van der Waals surface area contributed by atoms with E-state index in [1.807, 2.05) is 18.2 Å². The van der Waals surface area contributed by atoms with Crippen LogP contribution in [0.1, 0.15) is 31.7 Å². The number of ether oxygens (including phenoxy) is 1. The van der Waals surface area contributed by atoms with Gasteiger partial charge in [-0.15, -0.1) is 0 Å². The van der Waals surface area contributed by atoms with Gasteiger partial charge in [0.1, 0.15) is 5.75 Å². The van der Waals surface area contributed by atoms with E-state index in [1.54, 1.807) is 31.2 Å². The first-order valence-electron chi connectivity index (χ1n) is 7.89. The fraction of sp³-hybridized carbons (Fsp3) is 0.316. The second kappa shape index (κ2) is 6.63. The van der Waals surface area contributed by atoms with Gasteiger partial charge in [-0.25, -0.2) is 0 Å². The van der Waals surface area contributed by atoms with E-state index < -0.39 is 6.10 Å². The number of benzene rings is 2. The molecule has 1 unspecified atom stereocenters. The molecule has 0 spiro atoms. The van der Waals surface area contributed by atoms with Gasteiger partial charge in [0, 0.05) is 5.02 Å². The fourth-order valence-electron chi connectivity index (χ4n) is 2.88. The Morgan fingerprint density at radius 2 is 1.78 bits per heavy atom. The van der Waals surface area contributed by atoms with Crippen molar-refractivity contribution in [3.05, 3.63) is 65.2 Å². The number of hydrogen-bond acceptors (Lipinski definition) is 2. The van der Waals surface area contributed by atoms with E-state index in [0.29, 0.717) is 10.8 Å². The zero-order chi connectivity index (χ0) is 16.3. The molecule has 1 atom stereocenters. The zero-order valence-corrected chi connectivity index (χ0v) is 13.8. The molecule has 3 rings (SSSR count). The van der Waals surface area contributed by atoms with Crippen LogP contribution in [0.4, 0.5) is 0 Å². The van der Waals surface area contributed by atoms with E-state index in [9.17, 15) is 4.79 Å². The first-order valence-corrected chi connectivity index (χ1v) is 8.27. The summed E-state index contributed by atoms with van der Waals surface area (Å²) in [6.45, 7) is 1.77. The number of halogens is 1. The summed E-state index contributed by atoms with van der Waals surface area (Å²) >= 11 is 5.86. The third kappa shape index (κ3) is 3.50. The summed E-state index contributed by atoms with van der Waals surface area (Å²) in [6, 6.07) is 17.2. The SMILES string of the molecule is CC(Oc1ccc(Cl)cc1)C(=O)NC1(c2ccccc2)CCC1. The minimum atomic E-state index is -0.558. The summed E-state index contributed by atoms with van der Waals surface area (Å²) in [4.78, 5) is 12.5. The smallest absolute Gasteiger partial charge is 0.261 e. The average Bonchev–Trinajstić information content (AvgIpc) is 2.53. The molecule has 1 aliphatic carbocycles. The van der Waals surface area contributed by atoms with Gasteiger partial charge in [0.05, 0.1) is 5.54 Å². The lowest BCUT2D eigenvalue weighted by molar-refractivity contribution is -0.130. The molecule has 4 heteroatoms. The van der Waals surface area contributed by atoms with Crippen LogP contribution in [0.3, 0.4) is 0 Å². The second-order valence-corrected chi connectivity index (χ2v) is 6.44. The van der Waals surface area contributed by atoms with Gasteiger partial charge >= 0.3 is 0 Å². The third-order valence-electron chi connectivity index (χ3n) is 4.39. The highest BCUT2D eigenvalue weighted by Crippen LogP contribution is 2.41. The molecule has 23 heavy (non-hydrogen) atoms. The monoisotopic (exact) mass is 329 g/mol. The van der Waals surface area contributed by atoms with Gasteiger partial charge in [0.2, 0.25) is 0 Å². The molecule has 120 valence electrons. The first kappa shape index (κ1) is 15.9. The Bertz CT molecular complexity index is 666. The Balaban J connectivity index is 1.66. The van der Waals surface area contributed by atoms with Gasteiger partial charge in [-0.2, -0.15) is 0 Å². The number of amides is 1. The van der Waals surface area contributed by atoms with Crippen molar-refractivity contribution in [2.45, 2.75) is 37.8 Å². The van der Waals surface area contributed by atoms with Crippen LogP contribution >= 0.6 is 11.6 Å².